The number of likely N-dealkylation sites (N-methyl/N-ethyl adjacent to an activating group) is 1. The highest BCUT2D eigenvalue weighted by molar-refractivity contribution is 4.75. The Bertz CT molecular complexity index is 137. The summed E-state index contributed by atoms with van der Waals surface area (Å²) in [5.41, 5.74) is 0. The molecule has 0 aliphatic heterocycles. The van der Waals surface area contributed by atoms with Crippen LogP contribution in [-0.4, -0.2) is 30.7 Å². The lowest BCUT2D eigenvalue weighted by molar-refractivity contribution is -0.910. The molecule has 0 fully saturated rings. The first-order valence-electron chi connectivity index (χ1n) is 4.42. The van der Waals surface area contributed by atoms with Gasteiger partial charge < -0.3 is 21.5 Å². The first-order valence-corrected chi connectivity index (χ1v) is 4.42. The highest BCUT2D eigenvalue weighted by atomic mass is 79.9. The van der Waals surface area contributed by atoms with Crippen LogP contribution in [0, 0.1) is 0 Å². The molecule has 0 heterocycles. The molecule has 0 aromatic heterocycles. The lowest BCUT2D eigenvalue weighted by Gasteiger charge is -2.34. The zero-order valence-corrected chi connectivity index (χ0v) is 10.1. The molecule has 76 valence electrons. The molecule has 13 heavy (non-hydrogen) atoms. The van der Waals surface area contributed by atoms with Crippen LogP contribution in [0.2, 0.25) is 0 Å². The minimum Gasteiger partial charge on any atom is -1.00 e. The van der Waals surface area contributed by atoms with Crippen LogP contribution in [0.5, 0.6) is 0 Å². The zero-order chi connectivity index (χ0) is 9.45. The molecule has 0 aliphatic rings. The van der Waals surface area contributed by atoms with E-state index in [4.69, 9.17) is 0 Å². The Morgan fingerprint density at radius 2 is 1.23 bits per heavy atom. The molecule has 0 rings (SSSR count). The third kappa shape index (κ3) is 5.06. The number of quaternary nitrogens is 1. The van der Waals surface area contributed by atoms with Gasteiger partial charge in [0.05, 0.1) is 26.2 Å². The molecule has 0 unspecified atom stereocenters. The van der Waals surface area contributed by atoms with Crippen molar-refractivity contribution in [1.82, 2.24) is 0 Å². The van der Waals surface area contributed by atoms with Crippen LogP contribution in [-0.2, 0) is 0 Å². The minimum atomic E-state index is 0. The van der Waals surface area contributed by atoms with Crippen LogP contribution < -0.4 is 17.0 Å². The number of nitrogens with zero attached hydrogens (tertiary/aromatic N) is 1. The van der Waals surface area contributed by atoms with Gasteiger partial charge in [-0.2, -0.15) is 0 Å². The van der Waals surface area contributed by atoms with Crippen LogP contribution in [0.15, 0.2) is 38.0 Å². The first-order chi connectivity index (χ1) is 5.74. The first kappa shape index (κ1) is 15.1. The lowest BCUT2D eigenvalue weighted by atomic mass is 10.3. The van der Waals surface area contributed by atoms with Gasteiger partial charge in [0.2, 0.25) is 0 Å². The summed E-state index contributed by atoms with van der Waals surface area (Å²) in [6.07, 6.45) is 5.91. The second kappa shape index (κ2) is 8.27. The summed E-state index contributed by atoms with van der Waals surface area (Å²) in [6, 6.07) is 0. The molecule has 1 nitrogen and oxygen atoms in total. The van der Waals surface area contributed by atoms with Gasteiger partial charge in [-0.25, -0.2) is 0 Å². The average molecular weight is 246 g/mol. The Hall–Kier alpha value is -0.340. The van der Waals surface area contributed by atoms with Gasteiger partial charge in [-0.1, -0.05) is 19.7 Å². The van der Waals surface area contributed by atoms with E-state index >= 15 is 0 Å². The molecular formula is C11H20BrN. The Kier molecular flexibility index (Phi) is 9.63. The number of hydrogen-bond acceptors (Lipinski definition) is 0. The summed E-state index contributed by atoms with van der Waals surface area (Å²) in [5, 5.41) is 0. The van der Waals surface area contributed by atoms with Crippen molar-refractivity contribution >= 4 is 0 Å². The number of hydrogen-bond donors (Lipinski definition) is 0. The summed E-state index contributed by atoms with van der Waals surface area (Å²) in [7, 11) is 0. The van der Waals surface area contributed by atoms with Crippen molar-refractivity contribution in [3.8, 4) is 0 Å². The van der Waals surface area contributed by atoms with Crippen molar-refractivity contribution in [2.24, 2.45) is 0 Å². The van der Waals surface area contributed by atoms with Gasteiger partial charge in [-0.3, -0.25) is 0 Å². The fourth-order valence-electron chi connectivity index (χ4n) is 1.43. The summed E-state index contributed by atoms with van der Waals surface area (Å²) in [5.74, 6) is 0. The Morgan fingerprint density at radius 3 is 1.38 bits per heavy atom. The predicted molar refractivity (Wildman–Crippen MR) is 56.0 cm³/mol. The fraction of sp³-hybridized carbons (Fsp3) is 0.455. The van der Waals surface area contributed by atoms with E-state index in [2.05, 4.69) is 26.7 Å². The Morgan fingerprint density at radius 1 is 0.923 bits per heavy atom. The van der Waals surface area contributed by atoms with Gasteiger partial charge >= 0.3 is 0 Å². The molecule has 0 aromatic carbocycles. The standard InChI is InChI=1S/C11H20N.BrH/c1-5-9-12(8-4,10-6-2)11-7-3;/h5-7H,1-3,8-11H2,4H3;1H/q+1;/p-1. The van der Waals surface area contributed by atoms with E-state index in [0.29, 0.717) is 0 Å². The van der Waals surface area contributed by atoms with Crippen LogP contribution in [0.25, 0.3) is 0 Å². The van der Waals surface area contributed by atoms with E-state index in [1.54, 1.807) is 0 Å². The predicted octanol–water partition coefficient (Wildman–Crippen LogP) is -0.615. The largest absolute Gasteiger partial charge is 1.00 e. The van der Waals surface area contributed by atoms with Gasteiger partial charge in [0.1, 0.15) is 0 Å². The molecule has 0 radical (unpaired) electrons. The Labute approximate surface area is 92.8 Å². The summed E-state index contributed by atoms with van der Waals surface area (Å²) in [4.78, 5) is 0. The molecule has 0 spiro atoms. The topological polar surface area (TPSA) is 0 Å². The molecule has 2 heteroatoms. The van der Waals surface area contributed by atoms with Gasteiger partial charge in [0.15, 0.2) is 0 Å². The van der Waals surface area contributed by atoms with Crippen molar-refractivity contribution in [1.29, 1.82) is 0 Å². The second-order valence-electron chi connectivity index (χ2n) is 3.07. The van der Waals surface area contributed by atoms with Crippen molar-refractivity contribution in [3.63, 3.8) is 0 Å². The smallest absolute Gasteiger partial charge is 0.0975 e. The maximum atomic E-state index is 3.77. The van der Waals surface area contributed by atoms with Gasteiger partial charge in [0.25, 0.3) is 0 Å². The lowest BCUT2D eigenvalue weighted by Crippen LogP contribution is -3.00. The molecule has 0 amide bonds. The normalized spacial score (nSPS) is 9.92. The van der Waals surface area contributed by atoms with E-state index in [1.165, 1.54) is 0 Å². The van der Waals surface area contributed by atoms with Crippen LogP contribution in [0.3, 0.4) is 0 Å². The highest BCUT2D eigenvalue weighted by Gasteiger charge is 2.19. The quantitative estimate of drug-likeness (QED) is 0.415. The maximum Gasteiger partial charge on any atom is 0.0975 e. The molecule has 0 saturated carbocycles. The van der Waals surface area contributed by atoms with E-state index in [-0.39, 0.29) is 17.0 Å². The van der Waals surface area contributed by atoms with Crippen LogP contribution in [0.1, 0.15) is 6.92 Å². The van der Waals surface area contributed by atoms with Crippen LogP contribution in [0.4, 0.5) is 0 Å². The molecule has 0 atom stereocenters. The monoisotopic (exact) mass is 245 g/mol. The minimum absolute atomic E-state index is 0. The zero-order valence-electron chi connectivity index (χ0n) is 8.51. The van der Waals surface area contributed by atoms with Crippen LogP contribution >= 0.6 is 0 Å². The third-order valence-electron chi connectivity index (χ3n) is 2.22. The summed E-state index contributed by atoms with van der Waals surface area (Å²) >= 11 is 0. The maximum absolute atomic E-state index is 3.77. The van der Waals surface area contributed by atoms with E-state index < -0.39 is 0 Å². The van der Waals surface area contributed by atoms with Gasteiger partial charge in [-0.15, -0.1) is 0 Å². The Balaban J connectivity index is 0. The van der Waals surface area contributed by atoms with E-state index in [9.17, 15) is 0 Å². The van der Waals surface area contributed by atoms with Crippen molar-refractivity contribution in [3.05, 3.63) is 38.0 Å². The van der Waals surface area contributed by atoms with Gasteiger partial charge in [-0.05, 0) is 25.2 Å². The van der Waals surface area contributed by atoms with Crippen molar-refractivity contribution in [2.75, 3.05) is 26.2 Å². The van der Waals surface area contributed by atoms with Gasteiger partial charge in [0, 0.05) is 0 Å². The number of rotatable bonds is 7. The van der Waals surface area contributed by atoms with E-state index in [0.717, 1.165) is 30.7 Å². The molecule has 0 saturated heterocycles. The van der Waals surface area contributed by atoms with Crippen molar-refractivity contribution < 1.29 is 21.5 Å². The molecular weight excluding hydrogens is 226 g/mol. The van der Waals surface area contributed by atoms with E-state index in [1.807, 2.05) is 18.2 Å². The fourth-order valence-corrected chi connectivity index (χ4v) is 1.43. The highest BCUT2D eigenvalue weighted by Crippen LogP contribution is 2.06. The second-order valence-corrected chi connectivity index (χ2v) is 3.07. The molecule has 0 aliphatic carbocycles. The third-order valence-corrected chi connectivity index (χ3v) is 2.22. The number of halogens is 1. The molecule has 0 aromatic rings. The SMILES string of the molecule is C=CC[N+](CC)(CC=C)CC=C.[Br-]. The average Bonchev–Trinajstić information content (AvgIpc) is 2.06. The molecule has 0 bridgehead atoms. The molecule has 0 N–H and O–H groups in total. The summed E-state index contributed by atoms with van der Waals surface area (Å²) in [6.45, 7) is 17.6. The van der Waals surface area contributed by atoms with Crippen molar-refractivity contribution in [2.45, 2.75) is 6.92 Å². The summed E-state index contributed by atoms with van der Waals surface area (Å²) < 4.78 is 0.997.